The lowest BCUT2D eigenvalue weighted by Crippen LogP contribution is -2.53. The summed E-state index contributed by atoms with van der Waals surface area (Å²) in [6.45, 7) is 8.61. The molecule has 0 saturated heterocycles. The van der Waals surface area contributed by atoms with Gasteiger partial charge in [-0.1, -0.05) is 49.3 Å². The number of nitro groups is 1. The lowest BCUT2D eigenvalue weighted by molar-refractivity contribution is -0.384. The normalized spacial score (nSPS) is 13.4. The quantitative estimate of drug-likeness (QED) is 0.128. The number of non-ortho nitro benzene ring substituents is 1. The molecule has 0 heterocycles. The molecular formula is C25H34N6O6S. The number of azide groups is 1. The van der Waals surface area contributed by atoms with E-state index in [1.165, 1.54) is 16.4 Å². The van der Waals surface area contributed by atoms with Crippen molar-refractivity contribution in [3.63, 3.8) is 0 Å². The van der Waals surface area contributed by atoms with Crippen molar-refractivity contribution >= 4 is 21.8 Å². The van der Waals surface area contributed by atoms with E-state index in [2.05, 4.69) is 15.3 Å². The average Bonchev–Trinajstić information content (AvgIpc) is 2.82. The zero-order chi connectivity index (χ0) is 28.5. The van der Waals surface area contributed by atoms with E-state index < -0.39 is 38.7 Å². The molecule has 0 aromatic heterocycles. The molecule has 0 saturated carbocycles. The summed E-state index contributed by atoms with van der Waals surface area (Å²) in [7, 11) is -4.14. The van der Waals surface area contributed by atoms with Crippen LogP contribution in [0.15, 0.2) is 64.6 Å². The highest BCUT2D eigenvalue weighted by molar-refractivity contribution is 7.89. The van der Waals surface area contributed by atoms with Gasteiger partial charge in [0.15, 0.2) is 0 Å². The summed E-state index contributed by atoms with van der Waals surface area (Å²) in [6.07, 6.45) is -0.552. The van der Waals surface area contributed by atoms with E-state index in [0.29, 0.717) is 0 Å². The summed E-state index contributed by atoms with van der Waals surface area (Å²) in [6, 6.07) is 11.9. The first-order valence-corrected chi connectivity index (χ1v) is 13.5. The number of hydrogen-bond acceptors (Lipinski definition) is 7. The van der Waals surface area contributed by atoms with Crippen molar-refractivity contribution in [1.82, 2.24) is 9.62 Å². The van der Waals surface area contributed by atoms with Gasteiger partial charge >= 0.3 is 6.09 Å². The van der Waals surface area contributed by atoms with E-state index in [-0.39, 0.29) is 36.0 Å². The Balaban J connectivity index is 2.50. The van der Waals surface area contributed by atoms with Gasteiger partial charge in [-0.15, -0.1) is 0 Å². The number of alkyl carbamates (subject to hydrolysis) is 1. The molecule has 38 heavy (non-hydrogen) atoms. The molecule has 0 aliphatic carbocycles. The predicted octanol–water partition coefficient (Wildman–Crippen LogP) is 5.06. The molecule has 0 radical (unpaired) electrons. The van der Waals surface area contributed by atoms with Gasteiger partial charge in [0, 0.05) is 30.1 Å². The van der Waals surface area contributed by atoms with E-state index in [4.69, 9.17) is 4.74 Å². The minimum absolute atomic E-state index is 0.0835. The van der Waals surface area contributed by atoms with Crippen molar-refractivity contribution in [1.29, 1.82) is 0 Å². The molecule has 0 spiro atoms. The van der Waals surface area contributed by atoms with Gasteiger partial charge in [-0.2, -0.15) is 4.31 Å². The van der Waals surface area contributed by atoms with Crippen LogP contribution in [-0.4, -0.2) is 54.5 Å². The number of nitrogens with zero attached hydrogens (tertiary/aromatic N) is 5. The SMILES string of the molecule is CC(C)CN(C[C@@H](NC(=O)OC(C)(C)C)[C@H](Cc1ccccc1)N=[N+]=[N-])S(=O)(=O)c1ccc([N+](=O)[O-])cc1. The first-order chi connectivity index (χ1) is 17.7. The van der Waals surface area contributed by atoms with Crippen LogP contribution in [0, 0.1) is 16.0 Å². The Morgan fingerprint density at radius 1 is 1.13 bits per heavy atom. The lowest BCUT2D eigenvalue weighted by atomic mass is 10.00. The summed E-state index contributed by atoms with van der Waals surface area (Å²) in [4.78, 5) is 26.0. The number of benzene rings is 2. The van der Waals surface area contributed by atoms with Gasteiger partial charge in [0.1, 0.15) is 5.60 Å². The summed E-state index contributed by atoms with van der Waals surface area (Å²) in [5, 5.41) is 17.6. The molecule has 2 aromatic carbocycles. The van der Waals surface area contributed by atoms with Crippen molar-refractivity contribution in [3.05, 3.63) is 80.7 Å². The third-order valence-electron chi connectivity index (χ3n) is 5.31. The largest absolute Gasteiger partial charge is 0.444 e. The smallest absolute Gasteiger partial charge is 0.407 e. The average molecular weight is 547 g/mol. The first kappa shape index (κ1) is 30.6. The molecule has 0 aliphatic rings. The molecule has 206 valence electrons. The second kappa shape index (κ2) is 13.2. The van der Waals surface area contributed by atoms with Crippen molar-refractivity contribution in [2.75, 3.05) is 13.1 Å². The zero-order valence-corrected chi connectivity index (χ0v) is 23.0. The van der Waals surface area contributed by atoms with E-state index in [1.54, 1.807) is 20.8 Å². The Morgan fingerprint density at radius 2 is 1.74 bits per heavy atom. The van der Waals surface area contributed by atoms with Crippen LogP contribution in [0.25, 0.3) is 10.4 Å². The molecule has 0 unspecified atom stereocenters. The first-order valence-electron chi connectivity index (χ1n) is 12.0. The maximum atomic E-state index is 13.6. The van der Waals surface area contributed by atoms with Crippen LogP contribution in [0.5, 0.6) is 0 Å². The van der Waals surface area contributed by atoms with E-state index >= 15 is 0 Å². The molecule has 2 rings (SSSR count). The number of nitro benzene ring substituents is 1. The zero-order valence-electron chi connectivity index (χ0n) is 22.1. The number of ether oxygens (including phenoxy) is 1. The highest BCUT2D eigenvalue weighted by Gasteiger charge is 2.33. The van der Waals surface area contributed by atoms with Crippen LogP contribution in [0.3, 0.4) is 0 Å². The minimum Gasteiger partial charge on any atom is -0.444 e. The Morgan fingerprint density at radius 3 is 2.24 bits per heavy atom. The van der Waals surface area contributed by atoms with E-state index in [0.717, 1.165) is 17.7 Å². The topological polar surface area (TPSA) is 168 Å². The maximum Gasteiger partial charge on any atom is 0.407 e. The number of carbonyl (C=O) groups excluding carboxylic acids is 1. The molecule has 1 amide bonds. The highest BCUT2D eigenvalue weighted by Crippen LogP contribution is 2.22. The number of hydrogen-bond donors (Lipinski definition) is 1. The maximum absolute atomic E-state index is 13.6. The van der Waals surface area contributed by atoms with Crippen LogP contribution in [0.2, 0.25) is 0 Å². The second-order valence-electron chi connectivity index (χ2n) is 10.2. The van der Waals surface area contributed by atoms with Crippen molar-refractivity contribution in [3.8, 4) is 0 Å². The molecule has 2 aromatic rings. The fourth-order valence-corrected chi connectivity index (χ4v) is 5.32. The van der Waals surface area contributed by atoms with Gasteiger partial charge < -0.3 is 10.1 Å². The van der Waals surface area contributed by atoms with Gasteiger partial charge in [0.05, 0.1) is 21.9 Å². The standard InChI is InChI=1S/C25H34N6O6S/c1-18(2)16-30(38(35,36)21-13-11-20(12-14-21)31(33)34)17-23(27-24(32)37-25(3,4)5)22(28-29-26)15-19-9-7-6-8-10-19/h6-14,18,22-23H,15-17H2,1-5H3,(H,27,32)/t22-,23+/m0/s1. The molecule has 2 atom stereocenters. The molecule has 12 nitrogen and oxygen atoms in total. The van der Waals surface area contributed by atoms with Gasteiger partial charge in [-0.3, -0.25) is 10.1 Å². The minimum atomic E-state index is -4.14. The lowest BCUT2D eigenvalue weighted by Gasteiger charge is -2.32. The molecule has 0 aliphatic heterocycles. The number of nitrogens with one attached hydrogen (secondary N) is 1. The fourth-order valence-electron chi connectivity index (χ4n) is 3.69. The van der Waals surface area contributed by atoms with Crippen LogP contribution >= 0.6 is 0 Å². The molecular weight excluding hydrogens is 512 g/mol. The van der Waals surface area contributed by atoms with Crippen molar-refractivity contribution in [2.45, 2.75) is 63.6 Å². The number of amides is 1. The van der Waals surface area contributed by atoms with E-state index in [1.807, 2.05) is 44.2 Å². The molecule has 0 bridgehead atoms. The molecule has 0 fully saturated rings. The fraction of sp³-hybridized carbons (Fsp3) is 0.480. The van der Waals surface area contributed by atoms with Crippen LogP contribution in [-0.2, 0) is 21.2 Å². The molecule has 13 heteroatoms. The Hall–Kier alpha value is -3.67. The second-order valence-corrected chi connectivity index (χ2v) is 12.1. The monoisotopic (exact) mass is 546 g/mol. The Bertz CT molecular complexity index is 1240. The third kappa shape index (κ3) is 9.33. The highest BCUT2D eigenvalue weighted by atomic mass is 32.2. The van der Waals surface area contributed by atoms with Crippen molar-refractivity contribution < 1.29 is 22.9 Å². The van der Waals surface area contributed by atoms with Crippen LogP contribution < -0.4 is 5.32 Å². The van der Waals surface area contributed by atoms with Gasteiger partial charge in [0.25, 0.3) is 5.69 Å². The summed E-state index contributed by atoms with van der Waals surface area (Å²) >= 11 is 0. The van der Waals surface area contributed by atoms with Gasteiger partial charge in [0.2, 0.25) is 10.0 Å². The Kier molecular flexibility index (Phi) is 10.6. The summed E-state index contributed by atoms with van der Waals surface area (Å²) < 4.78 is 33.9. The van der Waals surface area contributed by atoms with Crippen molar-refractivity contribution in [2.24, 2.45) is 11.0 Å². The summed E-state index contributed by atoms with van der Waals surface area (Å²) in [5.74, 6) is -0.1000. The number of rotatable bonds is 12. The van der Waals surface area contributed by atoms with E-state index in [9.17, 15) is 28.9 Å². The Labute approximate surface area is 222 Å². The van der Waals surface area contributed by atoms with Gasteiger partial charge in [-0.25, -0.2) is 13.2 Å². The predicted molar refractivity (Wildman–Crippen MR) is 143 cm³/mol. The van der Waals surface area contributed by atoms with Crippen LogP contribution in [0.1, 0.15) is 40.2 Å². The molecule has 1 N–H and O–H groups in total. The number of carbonyl (C=O) groups is 1. The van der Waals surface area contributed by atoms with Gasteiger partial charge in [-0.05, 0) is 56.3 Å². The van der Waals surface area contributed by atoms with Crippen LogP contribution in [0.4, 0.5) is 10.5 Å². The summed E-state index contributed by atoms with van der Waals surface area (Å²) in [5.41, 5.74) is 9.07. The number of sulfonamides is 1. The third-order valence-corrected chi connectivity index (χ3v) is 7.15.